The number of rotatable bonds is 7. The summed E-state index contributed by atoms with van der Waals surface area (Å²) in [4.78, 5) is 25.6. The molecule has 1 saturated heterocycles. The number of ether oxygens (including phenoxy) is 2. The molecule has 1 aliphatic heterocycles. The van der Waals surface area contributed by atoms with Crippen molar-refractivity contribution in [3.05, 3.63) is 69.3 Å². The number of hydrogen-bond donors (Lipinski definition) is 1. The maximum Gasteiger partial charge on any atom is 0.270 e. The molecular weight excluding hydrogens is 362 g/mol. The fourth-order valence-corrected chi connectivity index (χ4v) is 3.20. The second kappa shape index (κ2) is 9.29. The van der Waals surface area contributed by atoms with E-state index in [1.807, 2.05) is 29.2 Å². The zero-order valence-corrected chi connectivity index (χ0v) is 15.7. The maximum absolute atomic E-state index is 12.9. The van der Waals surface area contributed by atoms with E-state index in [1.54, 1.807) is 13.2 Å². The minimum absolute atomic E-state index is 0.109. The van der Waals surface area contributed by atoms with Gasteiger partial charge in [-0.1, -0.05) is 24.3 Å². The highest BCUT2D eigenvalue weighted by atomic mass is 16.6. The van der Waals surface area contributed by atoms with E-state index in [0.29, 0.717) is 50.7 Å². The van der Waals surface area contributed by atoms with Crippen LogP contribution in [-0.4, -0.2) is 44.2 Å². The van der Waals surface area contributed by atoms with Crippen molar-refractivity contribution >= 4 is 17.3 Å². The molecule has 3 rings (SSSR count). The molecule has 148 valence electrons. The Bertz CT molecular complexity index is 849. The van der Waals surface area contributed by atoms with E-state index in [1.165, 1.54) is 12.1 Å². The number of nitro groups is 1. The molecule has 0 aliphatic carbocycles. The van der Waals surface area contributed by atoms with Gasteiger partial charge in [-0.25, -0.2) is 0 Å². The zero-order chi connectivity index (χ0) is 19.9. The molecule has 0 spiro atoms. The molecule has 0 saturated carbocycles. The highest BCUT2D eigenvalue weighted by molar-refractivity contribution is 6.00. The molecule has 2 aromatic carbocycles. The standard InChI is InChI=1S/C20H23N3O5/c1-27-14-16-5-3-2-4-15(16)13-21-20(24)18-12-17(23(25)26)6-7-19(18)22-8-10-28-11-9-22/h2-7,12H,8-11,13-14H2,1H3,(H,21,24). The molecule has 2 aromatic rings. The second-order valence-corrected chi connectivity index (χ2v) is 6.44. The summed E-state index contributed by atoms with van der Waals surface area (Å²) in [6.45, 7) is 3.14. The fraction of sp³-hybridized carbons (Fsp3) is 0.350. The number of non-ortho nitro benzene ring substituents is 1. The lowest BCUT2D eigenvalue weighted by atomic mass is 10.1. The normalized spacial score (nSPS) is 14.0. The van der Waals surface area contributed by atoms with Crippen molar-refractivity contribution in [3.8, 4) is 0 Å². The average Bonchev–Trinajstić information content (AvgIpc) is 2.73. The molecule has 28 heavy (non-hydrogen) atoms. The predicted octanol–water partition coefficient (Wildman–Crippen LogP) is 2.51. The highest BCUT2D eigenvalue weighted by Gasteiger charge is 2.22. The van der Waals surface area contributed by atoms with Crippen molar-refractivity contribution < 1.29 is 19.2 Å². The number of carbonyl (C=O) groups excluding carboxylic acids is 1. The molecule has 1 N–H and O–H groups in total. The first-order valence-electron chi connectivity index (χ1n) is 9.05. The summed E-state index contributed by atoms with van der Waals surface area (Å²) >= 11 is 0. The van der Waals surface area contributed by atoms with Gasteiger partial charge >= 0.3 is 0 Å². The summed E-state index contributed by atoms with van der Waals surface area (Å²) in [7, 11) is 1.62. The van der Waals surface area contributed by atoms with Crippen LogP contribution in [0.5, 0.6) is 0 Å². The first-order chi connectivity index (χ1) is 13.6. The number of nitro benzene ring substituents is 1. The molecule has 0 bridgehead atoms. The zero-order valence-electron chi connectivity index (χ0n) is 15.7. The van der Waals surface area contributed by atoms with Gasteiger partial charge in [0.1, 0.15) is 0 Å². The van der Waals surface area contributed by atoms with Crippen molar-refractivity contribution in [2.45, 2.75) is 13.2 Å². The minimum Gasteiger partial charge on any atom is -0.380 e. The summed E-state index contributed by atoms with van der Waals surface area (Å²) < 4.78 is 10.6. The molecule has 8 heteroatoms. The van der Waals surface area contributed by atoms with Crippen LogP contribution < -0.4 is 10.2 Å². The third kappa shape index (κ3) is 4.65. The quantitative estimate of drug-likeness (QED) is 0.581. The van der Waals surface area contributed by atoms with Gasteiger partial charge in [-0.3, -0.25) is 14.9 Å². The maximum atomic E-state index is 12.9. The SMILES string of the molecule is COCc1ccccc1CNC(=O)c1cc([N+](=O)[O-])ccc1N1CCOCC1. The number of benzene rings is 2. The van der Waals surface area contributed by atoms with Crippen LogP contribution in [0.15, 0.2) is 42.5 Å². The average molecular weight is 385 g/mol. The Hall–Kier alpha value is -2.97. The monoisotopic (exact) mass is 385 g/mol. The lowest BCUT2D eigenvalue weighted by molar-refractivity contribution is -0.384. The van der Waals surface area contributed by atoms with Crippen LogP contribution in [-0.2, 0) is 22.6 Å². The van der Waals surface area contributed by atoms with Crippen LogP contribution in [0.3, 0.4) is 0 Å². The molecule has 1 fully saturated rings. The number of morpholine rings is 1. The van der Waals surface area contributed by atoms with Crippen LogP contribution in [0, 0.1) is 10.1 Å². The van der Waals surface area contributed by atoms with Crippen LogP contribution >= 0.6 is 0 Å². The predicted molar refractivity (Wildman–Crippen MR) is 104 cm³/mol. The summed E-state index contributed by atoms with van der Waals surface area (Å²) in [5.74, 6) is -0.350. The fourth-order valence-electron chi connectivity index (χ4n) is 3.20. The largest absolute Gasteiger partial charge is 0.380 e. The number of carbonyl (C=O) groups is 1. The third-order valence-corrected chi connectivity index (χ3v) is 4.64. The number of hydrogen-bond acceptors (Lipinski definition) is 6. The van der Waals surface area contributed by atoms with Gasteiger partial charge in [0.05, 0.1) is 36.0 Å². The summed E-state index contributed by atoms with van der Waals surface area (Å²) in [5.41, 5.74) is 2.78. The molecule has 0 radical (unpaired) electrons. The van der Waals surface area contributed by atoms with Gasteiger partial charge in [-0.05, 0) is 17.2 Å². The van der Waals surface area contributed by atoms with Gasteiger partial charge < -0.3 is 19.7 Å². The van der Waals surface area contributed by atoms with Crippen LogP contribution in [0.2, 0.25) is 0 Å². The van der Waals surface area contributed by atoms with Crippen molar-refractivity contribution in [1.82, 2.24) is 5.32 Å². The first kappa shape index (κ1) is 19.8. The van der Waals surface area contributed by atoms with E-state index in [9.17, 15) is 14.9 Å². The van der Waals surface area contributed by atoms with Gasteiger partial charge in [0, 0.05) is 38.9 Å². The van der Waals surface area contributed by atoms with Gasteiger partial charge in [0.2, 0.25) is 0 Å². The number of nitrogens with zero attached hydrogens (tertiary/aromatic N) is 2. The Morgan fingerprint density at radius 1 is 1.21 bits per heavy atom. The minimum atomic E-state index is -0.492. The Morgan fingerprint density at radius 2 is 1.93 bits per heavy atom. The van der Waals surface area contributed by atoms with E-state index >= 15 is 0 Å². The van der Waals surface area contributed by atoms with E-state index < -0.39 is 4.92 Å². The molecule has 0 unspecified atom stereocenters. The summed E-state index contributed by atoms with van der Waals surface area (Å²) in [6.07, 6.45) is 0. The molecule has 1 amide bonds. The van der Waals surface area contributed by atoms with Crippen LogP contribution in [0.4, 0.5) is 11.4 Å². The Labute approximate surface area is 163 Å². The molecule has 0 aromatic heterocycles. The Morgan fingerprint density at radius 3 is 2.61 bits per heavy atom. The lowest BCUT2D eigenvalue weighted by Gasteiger charge is -2.30. The van der Waals surface area contributed by atoms with Crippen molar-refractivity contribution in [1.29, 1.82) is 0 Å². The van der Waals surface area contributed by atoms with Crippen LogP contribution in [0.1, 0.15) is 21.5 Å². The molecular formula is C20H23N3O5. The lowest BCUT2D eigenvalue weighted by Crippen LogP contribution is -2.38. The first-order valence-corrected chi connectivity index (χ1v) is 9.05. The number of anilines is 1. The third-order valence-electron chi connectivity index (χ3n) is 4.64. The van der Waals surface area contributed by atoms with Gasteiger partial charge in [0.15, 0.2) is 0 Å². The topological polar surface area (TPSA) is 93.9 Å². The summed E-state index contributed by atoms with van der Waals surface area (Å²) in [5, 5.41) is 14.1. The van der Waals surface area contributed by atoms with Crippen molar-refractivity contribution in [2.75, 3.05) is 38.3 Å². The van der Waals surface area contributed by atoms with Crippen molar-refractivity contribution in [3.63, 3.8) is 0 Å². The van der Waals surface area contributed by atoms with Gasteiger partial charge in [-0.15, -0.1) is 0 Å². The van der Waals surface area contributed by atoms with Crippen LogP contribution in [0.25, 0.3) is 0 Å². The molecule has 8 nitrogen and oxygen atoms in total. The molecule has 1 heterocycles. The van der Waals surface area contributed by atoms with Gasteiger partial charge in [0.25, 0.3) is 11.6 Å². The van der Waals surface area contributed by atoms with E-state index in [4.69, 9.17) is 9.47 Å². The second-order valence-electron chi connectivity index (χ2n) is 6.44. The van der Waals surface area contributed by atoms with E-state index in [-0.39, 0.29) is 11.6 Å². The number of methoxy groups -OCH3 is 1. The number of nitrogens with one attached hydrogen (secondary N) is 1. The van der Waals surface area contributed by atoms with E-state index in [2.05, 4.69) is 5.32 Å². The smallest absolute Gasteiger partial charge is 0.270 e. The number of amides is 1. The Kier molecular flexibility index (Phi) is 6.57. The van der Waals surface area contributed by atoms with Crippen molar-refractivity contribution in [2.24, 2.45) is 0 Å². The van der Waals surface area contributed by atoms with E-state index in [0.717, 1.165) is 11.1 Å². The highest BCUT2D eigenvalue weighted by Crippen LogP contribution is 2.26. The molecule has 0 atom stereocenters. The Balaban J connectivity index is 1.83. The molecule has 1 aliphatic rings. The van der Waals surface area contributed by atoms with Gasteiger partial charge in [-0.2, -0.15) is 0 Å². The summed E-state index contributed by atoms with van der Waals surface area (Å²) in [6, 6.07) is 12.1.